The number of carbonyl (C=O) groups excluding carboxylic acids is 1. The van der Waals surface area contributed by atoms with Gasteiger partial charge in [-0.25, -0.2) is 0 Å². The van der Waals surface area contributed by atoms with Crippen LogP contribution in [0.2, 0.25) is 0 Å². The van der Waals surface area contributed by atoms with Gasteiger partial charge < -0.3 is 10.1 Å². The van der Waals surface area contributed by atoms with Crippen molar-refractivity contribution in [2.45, 2.75) is 13.5 Å². The number of hydrogen-bond acceptors (Lipinski definition) is 5. The molecule has 122 valence electrons. The number of aromatic nitrogens is 2. The summed E-state index contributed by atoms with van der Waals surface area (Å²) >= 11 is 1.10. The van der Waals surface area contributed by atoms with Gasteiger partial charge in [0.25, 0.3) is 5.91 Å². The second kappa shape index (κ2) is 7.23. The highest BCUT2D eigenvalue weighted by Gasteiger charge is 2.17. The van der Waals surface area contributed by atoms with Crippen LogP contribution in [-0.4, -0.2) is 22.6 Å². The molecule has 5 nitrogen and oxygen atoms in total. The topological polar surface area (TPSA) is 64.1 Å². The predicted molar refractivity (Wildman–Crippen MR) is 94.2 cm³/mol. The molecule has 0 aliphatic carbocycles. The van der Waals surface area contributed by atoms with E-state index >= 15 is 0 Å². The van der Waals surface area contributed by atoms with Crippen LogP contribution in [-0.2, 0) is 6.54 Å². The number of hydrogen-bond donors (Lipinski definition) is 1. The molecule has 3 aromatic rings. The summed E-state index contributed by atoms with van der Waals surface area (Å²) in [6.45, 7) is 2.50. The van der Waals surface area contributed by atoms with E-state index in [0.29, 0.717) is 17.1 Å². The Bertz CT molecular complexity index is 843. The maximum absolute atomic E-state index is 12.5. The zero-order chi connectivity index (χ0) is 16.9. The van der Waals surface area contributed by atoms with Crippen LogP contribution in [0.25, 0.3) is 11.3 Å². The Kier molecular flexibility index (Phi) is 4.86. The van der Waals surface area contributed by atoms with E-state index in [4.69, 9.17) is 4.74 Å². The van der Waals surface area contributed by atoms with Gasteiger partial charge in [-0.3, -0.25) is 4.79 Å². The molecule has 0 radical (unpaired) electrons. The maximum Gasteiger partial charge on any atom is 0.265 e. The summed E-state index contributed by atoms with van der Waals surface area (Å²) in [5, 5.41) is 7.03. The molecular weight excluding hydrogens is 322 g/mol. The van der Waals surface area contributed by atoms with Gasteiger partial charge in [-0.2, -0.15) is 0 Å². The zero-order valence-electron chi connectivity index (χ0n) is 13.4. The van der Waals surface area contributed by atoms with E-state index in [9.17, 15) is 4.79 Å². The maximum atomic E-state index is 12.5. The third-order valence-electron chi connectivity index (χ3n) is 3.59. The van der Waals surface area contributed by atoms with Crippen LogP contribution in [0.1, 0.15) is 20.8 Å². The number of carbonyl (C=O) groups is 1. The zero-order valence-corrected chi connectivity index (χ0v) is 14.3. The Hall–Kier alpha value is -2.73. The van der Waals surface area contributed by atoms with E-state index in [2.05, 4.69) is 21.0 Å². The number of rotatable bonds is 5. The van der Waals surface area contributed by atoms with Gasteiger partial charge >= 0.3 is 0 Å². The summed E-state index contributed by atoms with van der Waals surface area (Å²) in [7, 11) is 1.61. The van der Waals surface area contributed by atoms with Crippen molar-refractivity contribution < 1.29 is 9.53 Å². The number of aryl methyl sites for hydroxylation is 1. The second-order valence-electron chi connectivity index (χ2n) is 5.35. The molecule has 0 aliphatic heterocycles. The molecule has 6 heteroatoms. The third kappa shape index (κ3) is 3.60. The van der Waals surface area contributed by atoms with Gasteiger partial charge in [-0.15, -0.1) is 5.10 Å². The van der Waals surface area contributed by atoms with E-state index in [1.165, 1.54) is 5.56 Å². The minimum atomic E-state index is -0.169. The van der Waals surface area contributed by atoms with Gasteiger partial charge in [0.1, 0.15) is 16.3 Å². The van der Waals surface area contributed by atoms with Gasteiger partial charge in [0, 0.05) is 12.1 Å². The summed E-state index contributed by atoms with van der Waals surface area (Å²) in [4.78, 5) is 13.0. The number of methoxy groups -OCH3 is 1. The van der Waals surface area contributed by atoms with Gasteiger partial charge in [0.15, 0.2) is 0 Å². The SMILES string of the molecule is COc1ccc(-c2nnsc2C(=O)NCc2cccc(C)c2)cc1. The van der Waals surface area contributed by atoms with Gasteiger partial charge in [0.2, 0.25) is 0 Å². The number of amides is 1. The van der Waals surface area contributed by atoms with Crippen LogP contribution in [0.4, 0.5) is 0 Å². The largest absolute Gasteiger partial charge is 0.497 e. The molecule has 0 aliphatic rings. The minimum Gasteiger partial charge on any atom is -0.497 e. The lowest BCUT2D eigenvalue weighted by atomic mass is 10.1. The number of nitrogens with zero attached hydrogens (tertiary/aromatic N) is 2. The standard InChI is InChI=1S/C18H17N3O2S/c1-12-4-3-5-13(10-12)11-19-18(22)17-16(20-21-24-17)14-6-8-15(23-2)9-7-14/h3-10H,11H2,1-2H3,(H,19,22). The van der Waals surface area contributed by atoms with Crippen LogP contribution in [0, 0.1) is 6.92 Å². The first-order valence-corrected chi connectivity index (χ1v) is 8.25. The van der Waals surface area contributed by atoms with Crippen molar-refractivity contribution in [3.05, 3.63) is 64.5 Å². The lowest BCUT2D eigenvalue weighted by Gasteiger charge is -2.06. The predicted octanol–water partition coefficient (Wildman–Crippen LogP) is 3.45. The molecule has 1 aromatic heterocycles. The Balaban J connectivity index is 1.75. The molecule has 0 fully saturated rings. The van der Waals surface area contributed by atoms with E-state index < -0.39 is 0 Å². The molecular formula is C18H17N3O2S. The average Bonchev–Trinajstić information content (AvgIpc) is 3.09. The quantitative estimate of drug-likeness (QED) is 0.773. The highest BCUT2D eigenvalue weighted by Crippen LogP contribution is 2.25. The fourth-order valence-electron chi connectivity index (χ4n) is 2.36. The summed E-state index contributed by atoms with van der Waals surface area (Å²) in [6, 6.07) is 15.5. The monoisotopic (exact) mass is 339 g/mol. The summed E-state index contributed by atoms with van der Waals surface area (Å²) in [5.41, 5.74) is 3.65. The molecule has 0 saturated heterocycles. The lowest BCUT2D eigenvalue weighted by Crippen LogP contribution is -2.22. The fraction of sp³-hybridized carbons (Fsp3) is 0.167. The fourth-order valence-corrected chi connectivity index (χ4v) is 2.97. The van der Waals surface area contributed by atoms with Crippen LogP contribution >= 0.6 is 11.5 Å². The van der Waals surface area contributed by atoms with Crippen molar-refractivity contribution in [3.8, 4) is 17.0 Å². The Morgan fingerprint density at radius 1 is 1.21 bits per heavy atom. The van der Waals surface area contributed by atoms with E-state index in [1.54, 1.807) is 7.11 Å². The van der Waals surface area contributed by atoms with Gasteiger partial charge in [0.05, 0.1) is 7.11 Å². The summed E-state index contributed by atoms with van der Waals surface area (Å²) < 4.78 is 9.08. The number of benzene rings is 2. The lowest BCUT2D eigenvalue weighted by molar-refractivity contribution is 0.0955. The van der Waals surface area contributed by atoms with E-state index in [-0.39, 0.29) is 5.91 Å². The van der Waals surface area contributed by atoms with Crippen LogP contribution in [0.15, 0.2) is 48.5 Å². The van der Waals surface area contributed by atoms with Crippen molar-refractivity contribution in [3.63, 3.8) is 0 Å². The molecule has 1 N–H and O–H groups in total. The smallest absolute Gasteiger partial charge is 0.265 e. The Morgan fingerprint density at radius 3 is 2.71 bits per heavy atom. The van der Waals surface area contributed by atoms with Gasteiger partial charge in [-0.1, -0.05) is 34.3 Å². The van der Waals surface area contributed by atoms with Crippen LogP contribution in [0.3, 0.4) is 0 Å². The molecule has 0 spiro atoms. The van der Waals surface area contributed by atoms with Crippen molar-refractivity contribution >= 4 is 17.4 Å². The molecule has 0 unspecified atom stereocenters. The van der Waals surface area contributed by atoms with Crippen molar-refractivity contribution in [1.82, 2.24) is 14.9 Å². The van der Waals surface area contributed by atoms with Crippen molar-refractivity contribution in [1.29, 1.82) is 0 Å². The first-order chi connectivity index (χ1) is 11.7. The number of ether oxygens (including phenoxy) is 1. The van der Waals surface area contributed by atoms with E-state index in [1.807, 2.05) is 49.4 Å². The Labute approximate surface area is 144 Å². The highest BCUT2D eigenvalue weighted by atomic mass is 32.1. The molecule has 1 heterocycles. The third-order valence-corrected chi connectivity index (χ3v) is 4.32. The molecule has 1 amide bonds. The second-order valence-corrected chi connectivity index (χ2v) is 6.11. The minimum absolute atomic E-state index is 0.169. The molecule has 2 aromatic carbocycles. The highest BCUT2D eigenvalue weighted by molar-refractivity contribution is 7.08. The molecule has 3 rings (SSSR count). The first-order valence-electron chi connectivity index (χ1n) is 7.48. The van der Waals surface area contributed by atoms with Crippen molar-refractivity contribution in [2.24, 2.45) is 0 Å². The molecule has 24 heavy (non-hydrogen) atoms. The van der Waals surface area contributed by atoms with E-state index in [0.717, 1.165) is 28.4 Å². The molecule has 0 saturated carbocycles. The van der Waals surface area contributed by atoms with Crippen LogP contribution < -0.4 is 10.1 Å². The normalized spacial score (nSPS) is 10.4. The first kappa shape index (κ1) is 16.1. The van der Waals surface area contributed by atoms with Crippen LogP contribution in [0.5, 0.6) is 5.75 Å². The average molecular weight is 339 g/mol. The van der Waals surface area contributed by atoms with Gasteiger partial charge in [-0.05, 0) is 48.3 Å². The molecule has 0 atom stereocenters. The number of nitrogens with one attached hydrogen (secondary N) is 1. The van der Waals surface area contributed by atoms with Crippen molar-refractivity contribution in [2.75, 3.05) is 7.11 Å². The summed E-state index contributed by atoms with van der Waals surface area (Å²) in [5.74, 6) is 0.588. The Morgan fingerprint density at radius 2 is 2.00 bits per heavy atom. The summed E-state index contributed by atoms with van der Waals surface area (Å²) in [6.07, 6.45) is 0. The molecule has 0 bridgehead atoms.